The van der Waals surface area contributed by atoms with Crippen molar-refractivity contribution in [2.45, 2.75) is 59.0 Å². The van der Waals surface area contributed by atoms with Crippen molar-refractivity contribution >= 4 is 11.8 Å². The van der Waals surface area contributed by atoms with Gasteiger partial charge in [0.05, 0.1) is 0 Å². The number of benzene rings is 2. The zero-order valence-corrected chi connectivity index (χ0v) is 22.0. The molecule has 1 heterocycles. The van der Waals surface area contributed by atoms with Crippen LogP contribution in [-0.4, -0.2) is 34.6 Å². The summed E-state index contributed by atoms with van der Waals surface area (Å²) in [7, 11) is 0. The van der Waals surface area contributed by atoms with E-state index in [1.807, 2.05) is 30.5 Å². The first-order valence-electron chi connectivity index (χ1n) is 12.4. The summed E-state index contributed by atoms with van der Waals surface area (Å²) in [6.45, 7) is 8.30. The highest BCUT2D eigenvalue weighted by atomic mass is 19.4. The number of halogens is 3. The van der Waals surface area contributed by atoms with Crippen molar-refractivity contribution in [1.29, 1.82) is 0 Å². The quantitative estimate of drug-likeness (QED) is 0.282. The molecular formula is C29H33F3N2O4. The smallest absolute Gasteiger partial charge is 0.478 e. The highest BCUT2D eigenvalue weighted by molar-refractivity contribution is 5.76. The van der Waals surface area contributed by atoms with Crippen molar-refractivity contribution in [2.24, 2.45) is 5.92 Å². The maximum atomic E-state index is 12.5. The lowest BCUT2D eigenvalue weighted by molar-refractivity contribution is -0.274. The molecule has 38 heavy (non-hydrogen) atoms. The largest absolute Gasteiger partial charge is 0.573 e. The van der Waals surface area contributed by atoms with Crippen molar-refractivity contribution in [1.82, 2.24) is 4.98 Å². The summed E-state index contributed by atoms with van der Waals surface area (Å²) in [4.78, 5) is 18.0. The predicted octanol–water partition coefficient (Wildman–Crippen LogP) is 6.67. The zero-order chi connectivity index (χ0) is 27.9. The van der Waals surface area contributed by atoms with Crippen LogP contribution in [0.4, 0.5) is 19.0 Å². The van der Waals surface area contributed by atoms with E-state index in [1.165, 1.54) is 26.0 Å². The number of aromatic nitrogens is 1. The van der Waals surface area contributed by atoms with Gasteiger partial charge in [0.25, 0.3) is 0 Å². The molecule has 0 bridgehead atoms. The van der Waals surface area contributed by atoms with Gasteiger partial charge < -0.3 is 19.5 Å². The molecule has 0 aliphatic heterocycles. The number of rotatable bonds is 12. The van der Waals surface area contributed by atoms with Crippen LogP contribution >= 0.6 is 0 Å². The molecule has 0 atom stereocenters. The van der Waals surface area contributed by atoms with E-state index in [4.69, 9.17) is 4.74 Å². The van der Waals surface area contributed by atoms with Gasteiger partial charge in [-0.3, -0.25) is 0 Å². The number of pyridine rings is 1. The van der Waals surface area contributed by atoms with Crippen molar-refractivity contribution in [3.63, 3.8) is 0 Å². The van der Waals surface area contributed by atoms with Gasteiger partial charge in [-0.25, -0.2) is 9.78 Å². The first-order chi connectivity index (χ1) is 17.8. The number of carboxylic acids is 1. The third-order valence-electron chi connectivity index (χ3n) is 5.79. The number of alkyl halides is 3. The minimum Gasteiger partial charge on any atom is -0.478 e. The van der Waals surface area contributed by atoms with E-state index >= 15 is 0 Å². The van der Waals surface area contributed by atoms with Crippen LogP contribution in [0.5, 0.6) is 11.5 Å². The molecule has 1 N–H and O–H groups in total. The molecule has 9 heteroatoms. The lowest BCUT2D eigenvalue weighted by Crippen LogP contribution is -2.37. The number of anilines is 1. The van der Waals surface area contributed by atoms with Gasteiger partial charge in [0.1, 0.15) is 17.3 Å². The number of nitrogens with zero attached hydrogens (tertiary/aromatic N) is 2. The van der Waals surface area contributed by atoms with Crippen molar-refractivity contribution in [3.05, 3.63) is 83.6 Å². The predicted molar refractivity (Wildman–Crippen MR) is 139 cm³/mol. The molecule has 0 aliphatic rings. The molecular weight excluding hydrogens is 497 g/mol. The van der Waals surface area contributed by atoms with Crippen molar-refractivity contribution in [2.75, 3.05) is 11.4 Å². The summed E-state index contributed by atoms with van der Waals surface area (Å²) in [5.74, 6) is 0.404. The van der Waals surface area contributed by atoms with Crippen molar-refractivity contribution in [3.8, 4) is 11.5 Å². The molecule has 3 rings (SSSR count). The fraction of sp³-hybridized carbons (Fsp3) is 0.379. The van der Waals surface area contributed by atoms with Gasteiger partial charge in [-0.1, -0.05) is 44.2 Å². The van der Waals surface area contributed by atoms with Gasteiger partial charge in [-0.05, 0) is 79.6 Å². The normalized spacial score (nSPS) is 11.9. The summed E-state index contributed by atoms with van der Waals surface area (Å²) in [5.41, 5.74) is 1.62. The Labute approximate surface area is 221 Å². The molecule has 0 spiro atoms. The van der Waals surface area contributed by atoms with Crippen LogP contribution in [-0.2, 0) is 24.2 Å². The Morgan fingerprint density at radius 1 is 0.895 bits per heavy atom. The van der Waals surface area contributed by atoms with Crippen LogP contribution in [0.15, 0.2) is 66.9 Å². The molecule has 1 aromatic heterocycles. The van der Waals surface area contributed by atoms with Crippen LogP contribution in [0.25, 0.3) is 0 Å². The second-order valence-electron chi connectivity index (χ2n) is 10.0. The van der Waals surface area contributed by atoms with Gasteiger partial charge >= 0.3 is 12.3 Å². The maximum Gasteiger partial charge on any atom is 0.573 e. The molecule has 0 aliphatic carbocycles. The summed E-state index contributed by atoms with van der Waals surface area (Å²) in [6.07, 6.45) is -1.30. The van der Waals surface area contributed by atoms with Crippen LogP contribution in [0.2, 0.25) is 0 Å². The zero-order valence-electron chi connectivity index (χ0n) is 22.0. The van der Waals surface area contributed by atoms with E-state index in [9.17, 15) is 23.1 Å². The molecule has 3 aromatic rings. The average molecular weight is 531 g/mol. The molecule has 0 unspecified atom stereocenters. The number of hydrogen-bond donors (Lipinski definition) is 1. The number of aliphatic carboxylic acids is 1. The lowest BCUT2D eigenvalue weighted by atomic mass is 10.0. The molecule has 204 valence electrons. The molecule has 6 nitrogen and oxygen atoms in total. The maximum absolute atomic E-state index is 12.5. The molecule has 0 amide bonds. The Hall–Kier alpha value is -3.75. The van der Waals surface area contributed by atoms with E-state index in [-0.39, 0.29) is 5.75 Å². The van der Waals surface area contributed by atoms with Crippen molar-refractivity contribution < 1.29 is 32.5 Å². The lowest BCUT2D eigenvalue weighted by Gasteiger charge is -2.25. The third kappa shape index (κ3) is 8.97. The van der Waals surface area contributed by atoms with E-state index in [1.54, 1.807) is 24.3 Å². The second-order valence-corrected chi connectivity index (χ2v) is 10.0. The van der Waals surface area contributed by atoms with E-state index in [2.05, 4.69) is 28.5 Å². The summed E-state index contributed by atoms with van der Waals surface area (Å²) in [6, 6.07) is 17.1. The minimum atomic E-state index is -4.74. The second kappa shape index (κ2) is 12.2. The van der Waals surface area contributed by atoms with Crippen LogP contribution < -0.4 is 14.4 Å². The first kappa shape index (κ1) is 28.8. The van der Waals surface area contributed by atoms with Gasteiger partial charge in [0, 0.05) is 19.3 Å². The van der Waals surface area contributed by atoms with Gasteiger partial charge in [-0.2, -0.15) is 0 Å². The number of ether oxygens (including phenoxy) is 2. The number of carboxylic acid groups (broad SMARTS) is 1. The standard InChI is InChI=1S/C29H33F3N2O4/c1-20(2)17-23-9-14-26(33-18-23)34(19-22-7-12-25(13-8-22)38-29(30,31)32)16-15-21-5-10-24(11-6-21)37-28(3,4)27(35)36/h5-14,18,20H,15-17,19H2,1-4H3,(H,35,36). The van der Waals surface area contributed by atoms with Gasteiger partial charge in [0.15, 0.2) is 5.60 Å². The summed E-state index contributed by atoms with van der Waals surface area (Å²) >= 11 is 0. The Bertz CT molecular complexity index is 1180. The van der Waals surface area contributed by atoms with Crippen LogP contribution in [0.1, 0.15) is 44.4 Å². The molecule has 0 fully saturated rings. The summed E-state index contributed by atoms with van der Waals surface area (Å²) < 4.78 is 47.1. The van der Waals surface area contributed by atoms with Gasteiger partial charge in [-0.15, -0.1) is 13.2 Å². The Kier molecular flexibility index (Phi) is 9.25. The molecule has 0 saturated heterocycles. The highest BCUT2D eigenvalue weighted by Crippen LogP contribution is 2.25. The minimum absolute atomic E-state index is 0.266. The van der Waals surface area contributed by atoms with Crippen LogP contribution in [0.3, 0.4) is 0 Å². The fourth-order valence-electron chi connectivity index (χ4n) is 3.81. The Morgan fingerprint density at radius 2 is 1.45 bits per heavy atom. The summed E-state index contributed by atoms with van der Waals surface area (Å²) in [5, 5.41) is 9.26. The average Bonchev–Trinajstić information content (AvgIpc) is 2.83. The SMILES string of the molecule is CC(C)Cc1ccc(N(CCc2ccc(OC(C)(C)C(=O)O)cc2)Cc2ccc(OC(F)(F)F)cc2)nc1. The Balaban J connectivity index is 1.74. The first-order valence-corrected chi connectivity index (χ1v) is 12.4. The van der Waals surface area contributed by atoms with E-state index in [0.717, 1.165) is 28.9 Å². The monoisotopic (exact) mass is 530 g/mol. The fourth-order valence-corrected chi connectivity index (χ4v) is 3.81. The molecule has 0 radical (unpaired) electrons. The number of carbonyl (C=O) groups is 1. The topological polar surface area (TPSA) is 71.9 Å². The number of hydrogen-bond acceptors (Lipinski definition) is 5. The van der Waals surface area contributed by atoms with E-state index < -0.39 is 17.9 Å². The van der Waals surface area contributed by atoms with E-state index in [0.29, 0.717) is 31.2 Å². The van der Waals surface area contributed by atoms with Crippen LogP contribution in [0, 0.1) is 5.92 Å². The van der Waals surface area contributed by atoms with Gasteiger partial charge in [0.2, 0.25) is 0 Å². The highest BCUT2D eigenvalue weighted by Gasteiger charge is 2.31. The molecule has 0 saturated carbocycles. The third-order valence-corrected chi connectivity index (χ3v) is 5.79. The molecule has 2 aromatic carbocycles. The Morgan fingerprint density at radius 3 is 1.95 bits per heavy atom.